The van der Waals surface area contributed by atoms with Crippen LogP contribution < -0.4 is 0 Å². The fourth-order valence-electron chi connectivity index (χ4n) is 1.42. The van der Waals surface area contributed by atoms with E-state index in [1.54, 1.807) is 0 Å². The highest BCUT2D eigenvalue weighted by atomic mass is 32.2. The van der Waals surface area contributed by atoms with Gasteiger partial charge in [-0.25, -0.2) is 0 Å². The molecule has 88 valence electrons. The predicted molar refractivity (Wildman–Crippen MR) is 75.2 cm³/mol. The number of thioether (sulfide) groups is 1. The Morgan fingerprint density at radius 1 is 1.19 bits per heavy atom. The molecule has 16 heavy (non-hydrogen) atoms. The van der Waals surface area contributed by atoms with Crippen LogP contribution in [0.1, 0.15) is 38.7 Å². The van der Waals surface area contributed by atoms with Gasteiger partial charge in [0.2, 0.25) is 0 Å². The molecule has 0 N–H and O–H groups in total. The van der Waals surface area contributed by atoms with Gasteiger partial charge < -0.3 is 0 Å². The summed E-state index contributed by atoms with van der Waals surface area (Å²) in [5.74, 6) is 1.05. The molecule has 0 atom stereocenters. The maximum atomic E-state index is 4.03. The van der Waals surface area contributed by atoms with Crippen molar-refractivity contribution in [2.24, 2.45) is 0 Å². The first-order valence-corrected chi connectivity index (χ1v) is 7.13. The summed E-state index contributed by atoms with van der Waals surface area (Å²) in [6.07, 6.45) is 4.86. The number of rotatable bonds is 7. The van der Waals surface area contributed by atoms with Gasteiger partial charge >= 0.3 is 0 Å². The van der Waals surface area contributed by atoms with Crippen LogP contribution in [0.5, 0.6) is 0 Å². The number of benzene rings is 1. The molecular weight excluding hydrogens is 212 g/mol. The van der Waals surface area contributed by atoms with Crippen molar-refractivity contribution in [2.75, 3.05) is 5.75 Å². The van der Waals surface area contributed by atoms with E-state index in [4.69, 9.17) is 0 Å². The third-order valence-electron chi connectivity index (χ3n) is 2.69. The topological polar surface area (TPSA) is 0 Å². The average Bonchev–Trinajstić information content (AvgIpc) is 2.34. The Hall–Kier alpha value is -0.690. The molecule has 0 spiro atoms. The van der Waals surface area contributed by atoms with E-state index in [1.165, 1.54) is 35.3 Å². The quantitative estimate of drug-likeness (QED) is 0.468. The zero-order valence-electron chi connectivity index (χ0n) is 10.5. The van der Waals surface area contributed by atoms with Crippen LogP contribution in [0, 0.1) is 0 Å². The molecule has 0 saturated carbocycles. The summed E-state index contributed by atoms with van der Waals surface area (Å²) in [5, 5.41) is 0. The number of unbranched alkanes of at least 4 members (excludes halogenated alkanes) is 1. The van der Waals surface area contributed by atoms with Gasteiger partial charge in [-0.1, -0.05) is 44.6 Å². The normalized spacial score (nSPS) is 10.4. The highest BCUT2D eigenvalue weighted by Gasteiger charge is 1.97. The predicted octanol–water partition coefficient (Wildman–Crippen LogP) is 5.09. The molecule has 1 rings (SSSR count). The molecule has 0 heterocycles. The lowest BCUT2D eigenvalue weighted by Gasteiger charge is -2.04. The summed E-state index contributed by atoms with van der Waals surface area (Å²) < 4.78 is 0. The summed E-state index contributed by atoms with van der Waals surface area (Å²) in [6, 6.07) is 8.98. The molecule has 0 saturated heterocycles. The first kappa shape index (κ1) is 13.4. The smallest absolute Gasteiger partial charge is 0.0187 e. The first-order chi connectivity index (χ1) is 7.76. The van der Waals surface area contributed by atoms with Gasteiger partial charge in [0, 0.05) is 10.6 Å². The minimum atomic E-state index is 1.05. The second-order valence-corrected chi connectivity index (χ2v) is 5.19. The van der Waals surface area contributed by atoms with Gasteiger partial charge in [0.15, 0.2) is 0 Å². The van der Waals surface area contributed by atoms with E-state index in [1.807, 2.05) is 11.8 Å². The Labute approximate surface area is 104 Å². The lowest BCUT2D eigenvalue weighted by atomic mass is 10.1. The van der Waals surface area contributed by atoms with E-state index in [2.05, 4.69) is 44.7 Å². The monoisotopic (exact) mass is 234 g/mol. The molecule has 0 unspecified atom stereocenters. The van der Waals surface area contributed by atoms with Crippen molar-refractivity contribution in [1.82, 2.24) is 0 Å². The van der Waals surface area contributed by atoms with Crippen molar-refractivity contribution in [3.05, 3.63) is 42.0 Å². The largest absolute Gasteiger partial charge is 0.122 e. The minimum Gasteiger partial charge on any atom is -0.122 e. The molecule has 0 aliphatic rings. The molecule has 0 fully saturated rings. The summed E-state index contributed by atoms with van der Waals surface area (Å²) in [6.45, 7) is 8.43. The van der Waals surface area contributed by atoms with Crippen molar-refractivity contribution in [3.8, 4) is 0 Å². The van der Waals surface area contributed by atoms with Crippen LogP contribution in [0.4, 0.5) is 0 Å². The third-order valence-corrected chi connectivity index (χ3v) is 3.84. The van der Waals surface area contributed by atoms with Gasteiger partial charge in [-0.3, -0.25) is 0 Å². The lowest BCUT2D eigenvalue weighted by Crippen LogP contribution is -1.86. The number of hydrogen-bond donors (Lipinski definition) is 0. The fourth-order valence-corrected chi connectivity index (χ4v) is 2.32. The molecule has 0 aromatic heterocycles. The number of hydrogen-bond acceptors (Lipinski definition) is 1. The maximum Gasteiger partial charge on any atom is 0.0187 e. The van der Waals surface area contributed by atoms with Crippen LogP contribution in [0.3, 0.4) is 0 Å². The van der Waals surface area contributed by atoms with E-state index in [0.29, 0.717) is 0 Å². The molecule has 0 aliphatic carbocycles. The van der Waals surface area contributed by atoms with Gasteiger partial charge in [0.05, 0.1) is 0 Å². The van der Waals surface area contributed by atoms with Crippen LogP contribution >= 0.6 is 11.8 Å². The van der Waals surface area contributed by atoms with Crippen LogP contribution in [0.25, 0.3) is 0 Å². The Balaban J connectivity index is 2.41. The van der Waals surface area contributed by atoms with Crippen molar-refractivity contribution < 1.29 is 0 Å². The van der Waals surface area contributed by atoms with Crippen LogP contribution in [0.2, 0.25) is 0 Å². The fraction of sp³-hybridized carbons (Fsp3) is 0.467. The second-order valence-electron chi connectivity index (χ2n) is 4.14. The molecule has 1 heteroatoms. The second kappa shape index (κ2) is 7.56. The molecule has 1 aromatic carbocycles. The zero-order valence-corrected chi connectivity index (χ0v) is 11.3. The molecular formula is C15H22S. The van der Waals surface area contributed by atoms with Crippen molar-refractivity contribution in [2.45, 2.75) is 44.4 Å². The van der Waals surface area contributed by atoms with Crippen LogP contribution in [-0.2, 0) is 6.42 Å². The third kappa shape index (κ3) is 4.89. The zero-order chi connectivity index (χ0) is 11.8. The Bertz CT molecular complexity index is 311. The Kier molecular flexibility index (Phi) is 6.32. The van der Waals surface area contributed by atoms with Crippen molar-refractivity contribution >= 4 is 11.8 Å². The molecule has 0 radical (unpaired) electrons. The van der Waals surface area contributed by atoms with E-state index < -0.39 is 0 Å². The Morgan fingerprint density at radius 2 is 1.88 bits per heavy atom. The highest BCUT2D eigenvalue weighted by Crippen LogP contribution is 2.21. The Morgan fingerprint density at radius 3 is 2.44 bits per heavy atom. The van der Waals surface area contributed by atoms with Gasteiger partial charge in [0.1, 0.15) is 0 Å². The minimum absolute atomic E-state index is 1.05. The molecule has 0 aliphatic heterocycles. The van der Waals surface area contributed by atoms with E-state index in [-0.39, 0.29) is 0 Å². The van der Waals surface area contributed by atoms with E-state index in [0.717, 1.165) is 12.2 Å². The molecule has 1 aromatic rings. The van der Waals surface area contributed by atoms with Gasteiger partial charge in [0.25, 0.3) is 0 Å². The van der Waals surface area contributed by atoms with Gasteiger partial charge in [-0.2, -0.15) is 0 Å². The van der Waals surface area contributed by atoms with E-state index in [9.17, 15) is 0 Å². The summed E-state index contributed by atoms with van der Waals surface area (Å²) in [5.41, 5.74) is 2.78. The van der Waals surface area contributed by atoms with Crippen LogP contribution in [0.15, 0.2) is 41.3 Å². The summed E-state index contributed by atoms with van der Waals surface area (Å²) in [7, 11) is 0. The van der Waals surface area contributed by atoms with Crippen molar-refractivity contribution in [1.29, 1.82) is 0 Å². The van der Waals surface area contributed by atoms with Gasteiger partial charge in [-0.15, -0.1) is 11.8 Å². The summed E-state index contributed by atoms with van der Waals surface area (Å²) >= 11 is 1.89. The standard InChI is InChI=1S/C15H22S/c1-4-6-7-14-8-10-15(11-9-14)16-12-13(3)5-2/h8-11H,3-7,12H2,1-2H3. The molecule has 0 nitrogen and oxygen atoms in total. The lowest BCUT2D eigenvalue weighted by molar-refractivity contribution is 0.794. The van der Waals surface area contributed by atoms with E-state index >= 15 is 0 Å². The maximum absolute atomic E-state index is 4.03. The SMILES string of the molecule is C=C(CC)CSc1ccc(CCCC)cc1. The highest BCUT2D eigenvalue weighted by molar-refractivity contribution is 7.99. The molecule has 0 amide bonds. The summed E-state index contributed by atoms with van der Waals surface area (Å²) in [4.78, 5) is 1.36. The first-order valence-electron chi connectivity index (χ1n) is 6.14. The number of aryl methyl sites for hydroxylation is 1. The van der Waals surface area contributed by atoms with Gasteiger partial charge in [-0.05, 0) is 37.0 Å². The van der Waals surface area contributed by atoms with Crippen LogP contribution in [-0.4, -0.2) is 5.75 Å². The molecule has 0 bridgehead atoms. The average molecular weight is 234 g/mol. The van der Waals surface area contributed by atoms with Crippen molar-refractivity contribution in [3.63, 3.8) is 0 Å².